The molecular weight excluding hydrogens is 773 g/mol. The van der Waals surface area contributed by atoms with Crippen LogP contribution in [0.5, 0.6) is 0 Å². The normalized spacial score (nSPS) is 13.8. The van der Waals surface area contributed by atoms with Crippen LogP contribution >= 0.6 is 0 Å². The Morgan fingerprint density at radius 1 is 0.281 bits per heavy atom. The van der Waals surface area contributed by atoms with E-state index in [0.717, 1.165) is 45.3 Å². The molecule has 0 N–H and O–H groups in total. The van der Waals surface area contributed by atoms with Crippen molar-refractivity contribution < 1.29 is 0 Å². The van der Waals surface area contributed by atoms with Crippen molar-refractivity contribution in [2.45, 2.75) is 38.5 Å². The summed E-state index contributed by atoms with van der Waals surface area (Å²) in [6.45, 7) is 9.44. The average molecular weight is 823 g/mol. The first-order valence-corrected chi connectivity index (χ1v) is 22.4. The Morgan fingerprint density at radius 3 is 1.05 bits per heavy atom. The highest BCUT2D eigenvalue weighted by atomic mass is 15.1. The summed E-state index contributed by atoms with van der Waals surface area (Å²) in [6.07, 6.45) is 4.42. The van der Waals surface area contributed by atoms with E-state index in [4.69, 9.17) is 0 Å². The summed E-state index contributed by atoms with van der Waals surface area (Å²) < 4.78 is 0. The van der Waals surface area contributed by atoms with Crippen LogP contribution in [0.3, 0.4) is 0 Å². The van der Waals surface area contributed by atoms with Gasteiger partial charge in [-0.05, 0) is 140 Å². The number of para-hydroxylation sites is 2. The number of nitrogens with zero attached hydrogens (tertiary/aromatic N) is 2. The molecule has 0 unspecified atom stereocenters. The van der Waals surface area contributed by atoms with Gasteiger partial charge in [0.25, 0.3) is 0 Å². The molecule has 0 saturated carbocycles. The van der Waals surface area contributed by atoms with Crippen LogP contribution in [0.25, 0.3) is 45.5 Å². The summed E-state index contributed by atoms with van der Waals surface area (Å²) in [6, 6.07) is 79.7. The minimum absolute atomic E-state index is 0.0975. The third-order valence-corrected chi connectivity index (χ3v) is 13.7. The van der Waals surface area contributed by atoms with Crippen LogP contribution in [0.4, 0.5) is 34.1 Å². The highest BCUT2D eigenvalue weighted by Crippen LogP contribution is 2.53. The fraction of sp³-hybridized carbons (Fsp3) is 0.0968. The predicted octanol–water partition coefficient (Wildman–Crippen LogP) is 17.1. The second-order valence-electron chi connectivity index (χ2n) is 18.2. The van der Waals surface area contributed by atoms with Crippen LogP contribution in [0, 0.1) is 0 Å². The van der Waals surface area contributed by atoms with Crippen LogP contribution in [0.1, 0.15) is 61.1 Å². The van der Waals surface area contributed by atoms with Crippen molar-refractivity contribution in [3.05, 3.63) is 252 Å². The molecule has 2 heteroatoms. The van der Waals surface area contributed by atoms with E-state index in [1.165, 1.54) is 55.6 Å². The monoisotopic (exact) mass is 822 g/mol. The minimum atomic E-state index is -0.0975. The molecule has 0 aliphatic heterocycles. The van der Waals surface area contributed by atoms with Crippen molar-refractivity contribution in [1.82, 2.24) is 0 Å². The van der Waals surface area contributed by atoms with Crippen LogP contribution in [-0.2, 0) is 10.8 Å². The molecule has 11 rings (SSSR count). The van der Waals surface area contributed by atoms with E-state index >= 15 is 0 Å². The molecule has 0 bridgehead atoms. The number of hydrogen-bond donors (Lipinski definition) is 0. The molecule has 2 aliphatic carbocycles. The van der Waals surface area contributed by atoms with Gasteiger partial charge in [-0.15, -0.1) is 0 Å². The van der Waals surface area contributed by atoms with Gasteiger partial charge >= 0.3 is 0 Å². The van der Waals surface area contributed by atoms with Gasteiger partial charge in [-0.3, -0.25) is 0 Å². The van der Waals surface area contributed by atoms with Crippen LogP contribution in [0.2, 0.25) is 0 Å². The molecule has 2 aliphatic rings. The van der Waals surface area contributed by atoms with Gasteiger partial charge < -0.3 is 9.80 Å². The highest BCUT2D eigenvalue weighted by Gasteiger charge is 2.37. The number of benzene rings is 9. The van der Waals surface area contributed by atoms with Gasteiger partial charge in [-0.2, -0.15) is 0 Å². The van der Waals surface area contributed by atoms with E-state index in [9.17, 15) is 0 Å². The van der Waals surface area contributed by atoms with Gasteiger partial charge in [0.2, 0.25) is 0 Å². The van der Waals surface area contributed by atoms with Crippen molar-refractivity contribution in [2.75, 3.05) is 9.80 Å². The lowest BCUT2D eigenvalue weighted by Gasteiger charge is -2.29. The number of anilines is 6. The Morgan fingerprint density at radius 2 is 0.594 bits per heavy atom. The van der Waals surface area contributed by atoms with Gasteiger partial charge in [-0.1, -0.05) is 185 Å². The Hall–Kier alpha value is -7.68. The van der Waals surface area contributed by atoms with Gasteiger partial charge in [0.15, 0.2) is 0 Å². The van der Waals surface area contributed by atoms with Crippen LogP contribution in [-0.4, -0.2) is 0 Å². The van der Waals surface area contributed by atoms with Gasteiger partial charge in [-0.25, -0.2) is 0 Å². The number of rotatable bonds is 9. The minimum Gasteiger partial charge on any atom is -0.311 e. The van der Waals surface area contributed by atoms with E-state index in [1.54, 1.807) is 0 Å². The molecule has 0 amide bonds. The van der Waals surface area contributed by atoms with Crippen molar-refractivity contribution in [3.8, 4) is 33.4 Å². The lowest BCUT2D eigenvalue weighted by atomic mass is 9.82. The van der Waals surface area contributed by atoms with E-state index in [1.807, 2.05) is 0 Å². The van der Waals surface area contributed by atoms with Gasteiger partial charge in [0, 0.05) is 45.0 Å². The highest BCUT2D eigenvalue weighted by molar-refractivity contribution is 5.89. The van der Waals surface area contributed by atoms with Crippen molar-refractivity contribution in [3.63, 3.8) is 0 Å². The first kappa shape index (κ1) is 39.2. The number of fused-ring (bicyclic) bond motifs is 6. The maximum atomic E-state index is 2.44. The molecule has 0 saturated heterocycles. The summed E-state index contributed by atoms with van der Waals surface area (Å²) in [5, 5.41) is 0. The zero-order valence-corrected chi connectivity index (χ0v) is 36.8. The molecule has 0 atom stereocenters. The topological polar surface area (TPSA) is 6.48 Å². The zero-order chi connectivity index (χ0) is 43.4. The molecule has 0 spiro atoms. The third-order valence-electron chi connectivity index (χ3n) is 13.7. The van der Waals surface area contributed by atoms with E-state index in [-0.39, 0.29) is 10.8 Å². The van der Waals surface area contributed by atoms with Crippen LogP contribution < -0.4 is 9.80 Å². The SMILES string of the molecule is CC1(C)c2ccccc2-c2ccc(N(c3ccc(/C=C\c4ccc(-c5ccc(N(c6ccccc6)c6ccccc6)cc5)cc4)cc3)c3ccc4c(c3)C(C)(C)c3ccccc3-4)cc21. The quantitative estimate of drug-likeness (QED) is 0.134. The summed E-state index contributed by atoms with van der Waals surface area (Å²) in [5.74, 6) is 0. The first-order valence-electron chi connectivity index (χ1n) is 22.4. The van der Waals surface area contributed by atoms with E-state index in [2.05, 4.69) is 268 Å². The maximum Gasteiger partial charge on any atom is 0.0465 e. The predicted molar refractivity (Wildman–Crippen MR) is 272 cm³/mol. The second-order valence-corrected chi connectivity index (χ2v) is 18.2. The molecular formula is C62H50N2. The van der Waals surface area contributed by atoms with Gasteiger partial charge in [0.1, 0.15) is 0 Å². The van der Waals surface area contributed by atoms with Crippen molar-refractivity contribution >= 4 is 46.3 Å². The molecule has 0 fully saturated rings. The molecule has 308 valence electrons. The first-order chi connectivity index (χ1) is 31.2. The van der Waals surface area contributed by atoms with Crippen molar-refractivity contribution in [2.24, 2.45) is 0 Å². The van der Waals surface area contributed by atoms with E-state index in [0.29, 0.717) is 0 Å². The smallest absolute Gasteiger partial charge is 0.0465 e. The average Bonchev–Trinajstić information content (AvgIpc) is 3.71. The Balaban J connectivity index is 0.874. The summed E-state index contributed by atoms with van der Waals surface area (Å²) in [4.78, 5) is 4.74. The second kappa shape index (κ2) is 15.6. The molecule has 2 nitrogen and oxygen atoms in total. The number of hydrogen-bond acceptors (Lipinski definition) is 2. The van der Waals surface area contributed by atoms with Gasteiger partial charge in [0.05, 0.1) is 0 Å². The van der Waals surface area contributed by atoms with Crippen LogP contribution in [0.15, 0.2) is 218 Å². The van der Waals surface area contributed by atoms with E-state index < -0.39 is 0 Å². The molecule has 0 radical (unpaired) electrons. The lowest BCUT2D eigenvalue weighted by molar-refractivity contribution is 0.660. The molecule has 0 heterocycles. The Bertz CT molecular complexity index is 3030. The summed E-state index contributed by atoms with van der Waals surface area (Å²) in [5.41, 5.74) is 22.2. The summed E-state index contributed by atoms with van der Waals surface area (Å²) >= 11 is 0. The third kappa shape index (κ3) is 6.74. The molecule has 64 heavy (non-hydrogen) atoms. The fourth-order valence-corrected chi connectivity index (χ4v) is 10.2. The zero-order valence-electron chi connectivity index (χ0n) is 36.8. The largest absolute Gasteiger partial charge is 0.311 e. The lowest BCUT2D eigenvalue weighted by Crippen LogP contribution is -2.18. The molecule has 9 aromatic rings. The maximum absolute atomic E-state index is 2.44. The molecule has 9 aromatic carbocycles. The standard InChI is InChI=1S/C62H50N2/c1-61(2)57-21-13-11-19-53(57)55-39-37-51(41-59(55)61)64(52-38-40-56-54-20-12-14-22-58(54)62(3,4)60(56)42-52)49-33-27-44(28-34-49)24-23-43-25-29-45(30-26-43)46-31-35-50(36-32-46)63(47-15-7-5-8-16-47)48-17-9-6-10-18-48/h5-42H,1-4H3/b24-23-. The van der Waals surface area contributed by atoms with Crippen molar-refractivity contribution in [1.29, 1.82) is 0 Å². The fourth-order valence-electron chi connectivity index (χ4n) is 10.2. The summed E-state index contributed by atoms with van der Waals surface area (Å²) in [7, 11) is 0. The molecule has 0 aromatic heterocycles. The Labute approximate surface area is 378 Å². The Kier molecular flexibility index (Phi) is 9.55.